The van der Waals surface area contributed by atoms with E-state index in [2.05, 4.69) is 21.7 Å². The van der Waals surface area contributed by atoms with Gasteiger partial charge in [-0.05, 0) is 49.4 Å². The minimum Gasteiger partial charge on any atom is -0.494 e. The number of carbonyl (C=O) groups is 1. The van der Waals surface area contributed by atoms with Gasteiger partial charge in [-0.25, -0.2) is 0 Å². The molecule has 2 heterocycles. The van der Waals surface area contributed by atoms with E-state index in [0.717, 1.165) is 28.3 Å². The molecule has 0 saturated carbocycles. The Morgan fingerprint density at radius 3 is 2.44 bits per heavy atom. The third kappa shape index (κ3) is 2.95. The van der Waals surface area contributed by atoms with E-state index in [1.165, 1.54) is 0 Å². The van der Waals surface area contributed by atoms with E-state index in [-0.39, 0.29) is 12.1 Å². The number of rotatable bonds is 4. The van der Waals surface area contributed by atoms with E-state index in [9.17, 15) is 4.79 Å². The highest BCUT2D eigenvalue weighted by atomic mass is 16.5. The van der Waals surface area contributed by atoms with Gasteiger partial charge in [0.25, 0.3) is 5.91 Å². The van der Waals surface area contributed by atoms with Crippen LogP contribution in [0.5, 0.6) is 5.75 Å². The number of para-hydroxylation sites is 1. The molecule has 0 fully saturated rings. The van der Waals surface area contributed by atoms with Crippen molar-refractivity contribution in [3.05, 3.63) is 78.1 Å². The van der Waals surface area contributed by atoms with E-state index in [1.54, 1.807) is 4.90 Å². The van der Waals surface area contributed by atoms with E-state index < -0.39 is 0 Å². The molecule has 1 amide bonds. The van der Waals surface area contributed by atoms with E-state index in [4.69, 9.17) is 4.74 Å². The molecule has 1 aromatic heterocycles. The van der Waals surface area contributed by atoms with Crippen LogP contribution >= 0.6 is 0 Å². The zero-order chi connectivity index (χ0) is 19.0. The number of carbonyl (C=O) groups excluding carboxylic acids is 1. The van der Waals surface area contributed by atoms with Crippen LogP contribution in [0.2, 0.25) is 0 Å². The zero-order valence-electron chi connectivity index (χ0n) is 15.8. The summed E-state index contributed by atoms with van der Waals surface area (Å²) in [6.07, 6.45) is 3.96. The Morgan fingerprint density at radius 2 is 1.70 bits per heavy atom. The average molecular weight is 361 g/mol. The molecule has 3 aromatic rings. The van der Waals surface area contributed by atoms with Crippen molar-refractivity contribution in [1.29, 1.82) is 0 Å². The Hall–Kier alpha value is -3.21. The maximum Gasteiger partial charge on any atom is 0.257 e. The van der Waals surface area contributed by atoms with Crippen LogP contribution in [0.25, 0.3) is 5.69 Å². The molecule has 4 rings (SSSR count). The molecular formula is C22H23N3O2. The lowest BCUT2D eigenvalue weighted by Crippen LogP contribution is -2.45. The number of hydrogen-bond acceptors (Lipinski definition) is 3. The highest BCUT2D eigenvalue weighted by Gasteiger charge is 2.34. The van der Waals surface area contributed by atoms with Gasteiger partial charge in [0.05, 0.1) is 17.9 Å². The predicted octanol–water partition coefficient (Wildman–Crippen LogP) is 4.10. The number of anilines is 1. The van der Waals surface area contributed by atoms with Gasteiger partial charge in [0.2, 0.25) is 0 Å². The number of ether oxygens (including phenoxy) is 1. The summed E-state index contributed by atoms with van der Waals surface area (Å²) in [6.45, 7) is 2.63. The summed E-state index contributed by atoms with van der Waals surface area (Å²) in [5, 5.41) is 0. The third-order valence-electron chi connectivity index (χ3n) is 5.03. The molecule has 5 nitrogen and oxygen atoms in total. The van der Waals surface area contributed by atoms with E-state index >= 15 is 0 Å². The minimum absolute atomic E-state index is 0.0440. The van der Waals surface area contributed by atoms with Gasteiger partial charge in [-0.2, -0.15) is 0 Å². The maximum atomic E-state index is 12.8. The molecule has 0 aliphatic carbocycles. The average Bonchev–Trinajstić information content (AvgIpc) is 3.17. The molecule has 1 aliphatic rings. The molecule has 1 aliphatic heterocycles. The normalized spacial score (nSPS) is 16.4. The zero-order valence-corrected chi connectivity index (χ0v) is 15.8. The van der Waals surface area contributed by atoms with E-state index in [0.29, 0.717) is 6.61 Å². The van der Waals surface area contributed by atoms with Crippen molar-refractivity contribution in [3.63, 3.8) is 0 Å². The molecule has 0 radical (unpaired) electrons. The van der Waals surface area contributed by atoms with Gasteiger partial charge in [-0.15, -0.1) is 0 Å². The number of benzene rings is 2. The van der Waals surface area contributed by atoms with Crippen LogP contribution < -0.4 is 9.64 Å². The van der Waals surface area contributed by atoms with Gasteiger partial charge in [0, 0.05) is 37.7 Å². The Morgan fingerprint density at radius 1 is 0.963 bits per heavy atom. The largest absolute Gasteiger partial charge is 0.494 e. The monoisotopic (exact) mass is 361 g/mol. The fraction of sp³-hybridized carbons (Fsp3) is 0.227. The molecular weight excluding hydrogens is 338 g/mol. The van der Waals surface area contributed by atoms with Crippen molar-refractivity contribution in [2.75, 3.05) is 25.6 Å². The van der Waals surface area contributed by atoms with Gasteiger partial charge in [-0.1, -0.05) is 12.1 Å². The lowest BCUT2D eigenvalue weighted by Gasteiger charge is -2.41. The third-order valence-corrected chi connectivity index (χ3v) is 5.03. The number of amides is 1. The first kappa shape index (κ1) is 17.2. The molecule has 0 spiro atoms. The lowest BCUT2D eigenvalue weighted by molar-refractivity contribution is 0.0711. The van der Waals surface area contributed by atoms with Crippen LogP contribution in [0.3, 0.4) is 0 Å². The van der Waals surface area contributed by atoms with Crippen LogP contribution in [-0.2, 0) is 0 Å². The molecule has 27 heavy (non-hydrogen) atoms. The molecule has 2 aromatic carbocycles. The first-order valence-corrected chi connectivity index (χ1v) is 9.10. The van der Waals surface area contributed by atoms with Gasteiger partial charge >= 0.3 is 0 Å². The number of nitrogens with zero attached hydrogens (tertiary/aromatic N) is 3. The fourth-order valence-corrected chi connectivity index (χ4v) is 3.71. The quantitative estimate of drug-likeness (QED) is 0.702. The highest BCUT2D eigenvalue weighted by Crippen LogP contribution is 2.36. The Balaban J connectivity index is 1.66. The van der Waals surface area contributed by atoms with E-state index in [1.807, 2.05) is 75.7 Å². The van der Waals surface area contributed by atoms with Crippen LogP contribution in [0.4, 0.5) is 5.69 Å². The fourth-order valence-electron chi connectivity index (χ4n) is 3.71. The second-order valence-corrected chi connectivity index (χ2v) is 6.70. The smallest absolute Gasteiger partial charge is 0.257 e. The molecule has 138 valence electrons. The second-order valence-electron chi connectivity index (χ2n) is 6.70. The highest BCUT2D eigenvalue weighted by molar-refractivity contribution is 6.01. The summed E-state index contributed by atoms with van der Waals surface area (Å²) < 4.78 is 7.58. The molecule has 1 atom stereocenters. The van der Waals surface area contributed by atoms with Crippen LogP contribution in [-0.4, -0.2) is 36.1 Å². The number of fused-ring (bicyclic) bond motifs is 1. The summed E-state index contributed by atoms with van der Waals surface area (Å²) in [5.41, 5.74) is 3.82. The number of hydrogen-bond donors (Lipinski definition) is 0. The van der Waals surface area contributed by atoms with Crippen molar-refractivity contribution < 1.29 is 9.53 Å². The minimum atomic E-state index is -0.142. The lowest BCUT2D eigenvalue weighted by atomic mass is 10.0. The van der Waals surface area contributed by atoms with Gasteiger partial charge in [0.1, 0.15) is 11.9 Å². The number of aromatic nitrogens is 1. The SMILES string of the molecule is CCOc1ccc(-n2ccc([C@@H]3N(C)C(=O)c4ccccc4N3C)c2)cc1. The molecule has 0 saturated heterocycles. The standard InChI is InChI=1S/C22H23N3O2/c1-4-27-18-11-9-17(10-12-18)25-14-13-16(15-25)21-23(2)20-8-6-5-7-19(20)22(26)24(21)3/h5-15,21H,4H2,1-3H3/t21-/m0/s1. The Labute approximate surface area is 159 Å². The summed E-state index contributed by atoms with van der Waals surface area (Å²) >= 11 is 0. The first-order valence-electron chi connectivity index (χ1n) is 9.10. The van der Waals surface area contributed by atoms with Gasteiger partial charge in [-0.3, -0.25) is 4.79 Å². The maximum absolute atomic E-state index is 12.8. The topological polar surface area (TPSA) is 37.7 Å². The summed E-state index contributed by atoms with van der Waals surface area (Å²) in [4.78, 5) is 16.7. The van der Waals surface area contributed by atoms with Crippen molar-refractivity contribution >= 4 is 11.6 Å². The molecule has 5 heteroatoms. The Bertz CT molecular complexity index is 962. The molecule has 0 unspecified atom stereocenters. The Kier molecular flexibility index (Phi) is 4.36. The summed E-state index contributed by atoms with van der Waals surface area (Å²) in [7, 11) is 3.88. The van der Waals surface area contributed by atoms with Crippen molar-refractivity contribution in [3.8, 4) is 11.4 Å². The summed E-state index contributed by atoms with van der Waals surface area (Å²) in [5.74, 6) is 0.907. The second kappa shape index (κ2) is 6.83. The van der Waals surface area contributed by atoms with Crippen molar-refractivity contribution in [2.24, 2.45) is 0 Å². The molecule has 0 bridgehead atoms. The van der Waals surface area contributed by atoms with Crippen LogP contribution in [0, 0.1) is 0 Å². The van der Waals surface area contributed by atoms with Crippen molar-refractivity contribution in [1.82, 2.24) is 9.47 Å². The van der Waals surface area contributed by atoms with Crippen LogP contribution in [0.15, 0.2) is 67.0 Å². The summed E-state index contributed by atoms with van der Waals surface area (Å²) in [6, 6.07) is 17.8. The van der Waals surface area contributed by atoms with Crippen molar-refractivity contribution in [2.45, 2.75) is 13.1 Å². The molecule has 0 N–H and O–H groups in total. The van der Waals surface area contributed by atoms with Crippen LogP contribution in [0.1, 0.15) is 29.0 Å². The predicted molar refractivity (Wildman–Crippen MR) is 107 cm³/mol. The van der Waals surface area contributed by atoms with Gasteiger partial charge in [0.15, 0.2) is 0 Å². The first-order chi connectivity index (χ1) is 13.1. The van der Waals surface area contributed by atoms with Gasteiger partial charge < -0.3 is 19.1 Å².